The van der Waals surface area contributed by atoms with Gasteiger partial charge in [0.25, 0.3) is 0 Å². The Balaban J connectivity index is 2.29. The molecule has 0 aliphatic heterocycles. The first kappa shape index (κ1) is 10.6. The molecule has 3 rings (SSSR count). The summed E-state index contributed by atoms with van der Waals surface area (Å²) >= 11 is 0. The van der Waals surface area contributed by atoms with Crippen LogP contribution >= 0.6 is 0 Å². The van der Waals surface area contributed by atoms with Crippen molar-refractivity contribution in [3.05, 3.63) is 42.0 Å². The van der Waals surface area contributed by atoms with Gasteiger partial charge >= 0.3 is 5.97 Å². The topological polar surface area (TPSA) is 81.8 Å². The first-order chi connectivity index (χ1) is 8.68. The van der Waals surface area contributed by atoms with Gasteiger partial charge in [-0.05, 0) is 12.5 Å². The molecule has 0 amide bonds. The van der Waals surface area contributed by atoms with E-state index in [2.05, 4.69) is 15.0 Å². The summed E-state index contributed by atoms with van der Waals surface area (Å²) in [5.41, 5.74) is 3.49. The lowest BCUT2D eigenvalue weighted by Crippen LogP contribution is -1.98. The van der Waals surface area contributed by atoms with Gasteiger partial charge in [-0.15, -0.1) is 0 Å². The zero-order valence-corrected chi connectivity index (χ0v) is 9.69. The summed E-state index contributed by atoms with van der Waals surface area (Å²) in [4.78, 5) is 21.0. The number of hydrogen-bond donors (Lipinski definition) is 3. The Morgan fingerprint density at radius 2 is 2.17 bits per heavy atom. The van der Waals surface area contributed by atoms with Crippen LogP contribution in [0.25, 0.3) is 22.2 Å². The Labute approximate surface area is 102 Å². The van der Waals surface area contributed by atoms with Crippen molar-refractivity contribution in [3.63, 3.8) is 0 Å². The third-order valence-corrected chi connectivity index (χ3v) is 3.03. The van der Waals surface area contributed by atoms with E-state index in [1.54, 1.807) is 6.20 Å². The first-order valence-corrected chi connectivity index (χ1v) is 5.52. The number of H-pyrrole nitrogens is 2. The summed E-state index contributed by atoms with van der Waals surface area (Å²) in [7, 11) is 0. The predicted molar refractivity (Wildman–Crippen MR) is 67.6 cm³/mol. The SMILES string of the molecule is Cc1cccc2c(-c3nc[nH]c3C(=O)O)c[nH]c12. The Morgan fingerprint density at radius 1 is 1.33 bits per heavy atom. The minimum absolute atomic E-state index is 0.109. The molecule has 5 nitrogen and oxygen atoms in total. The van der Waals surface area contributed by atoms with Crippen LogP contribution in [0, 0.1) is 6.92 Å². The van der Waals surface area contributed by atoms with Gasteiger partial charge in [0.05, 0.1) is 6.33 Å². The largest absolute Gasteiger partial charge is 0.477 e. The van der Waals surface area contributed by atoms with Crippen LogP contribution in [0.4, 0.5) is 0 Å². The maximum absolute atomic E-state index is 11.1. The molecule has 1 aromatic carbocycles. The zero-order valence-electron chi connectivity index (χ0n) is 9.69. The number of nitrogens with one attached hydrogen (secondary N) is 2. The van der Waals surface area contributed by atoms with Gasteiger partial charge in [-0.3, -0.25) is 0 Å². The lowest BCUT2D eigenvalue weighted by molar-refractivity contribution is 0.0692. The lowest BCUT2D eigenvalue weighted by atomic mass is 10.1. The maximum Gasteiger partial charge on any atom is 0.354 e. The van der Waals surface area contributed by atoms with Crippen LogP contribution in [0.1, 0.15) is 16.1 Å². The molecule has 0 saturated carbocycles. The number of aromatic amines is 2. The van der Waals surface area contributed by atoms with E-state index in [0.29, 0.717) is 5.69 Å². The molecule has 0 spiro atoms. The lowest BCUT2D eigenvalue weighted by Gasteiger charge is -1.98. The molecule has 5 heteroatoms. The van der Waals surface area contributed by atoms with Gasteiger partial charge in [-0.2, -0.15) is 0 Å². The second-order valence-corrected chi connectivity index (χ2v) is 4.13. The number of aryl methyl sites for hydroxylation is 1. The molecule has 0 radical (unpaired) electrons. The van der Waals surface area contributed by atoms with Gasteiger partial charge in [0.1, 0.15) is 5.69 Å². The second kappa shape index (κ2) is 3.73. The molecule has 0 aliphatic rings. The third-order valence-electron chi connectivity index (χ3n) is 3.03. The molecule has 0 bridgehead atoms. The Kier molecular flexibility index (Phi) is 2.19. The number of carboxylic acid groups (broad SMARTS) is 1. The fraction of sp³-hybridized carbons (Fsp3) is 0.0769. The van der Waals surface area contributed by atoms with Gasteiger partial charge in [0, 0.05) is 22.7 Å². The molecule has 0 atom stereocenters. The van der Waals surface area contributed by atoms with Crippen LogP contribution in [0.5, 0.6) is 0 Å². The van der Waals surface area contributed by atoms with Crippen molar-refractivity contribution in [2.45, 2.75) is 6.92 Å². The normalized spacial score (nSPS) is 10.9. The number of benzene rings is 1. The van der Waals surface area contributed by atoms with E-state index in [9.17, 15) is 4.79 Å². The first-order valence-electron chi connectivity index (χ1n) is 5.52. The number of fused-ring (bicyclic) bond motifs is 1. The monoisotopic (exact) mass is 241 g/mol. The van der Waals surface area contributed by atoms with E-state index in [-0.39, 0.29) is 5.69 Å². The van der Waals surface area contributed by atoms with Gasteiger partial charge < -0.3 is 15.1 Å². The van der Waals surface area contributed by atoms with Crippen molar-refractivity contribution in [1.82, 2.24) is 15.0 Å². The van der Waals surface area contributed by atoms with Crippen molar-refractivity contribution in [2.75, 3.05) is 0 Å². The molecule has 2 aromatic heterocycles. The van der Waals surface area contributed by atoms with E-state index in [0.717, 1.165) is 22.0 Å². The molecule has 0 aliphatic carbocycles. The van der Waals surface area contributed by atoms with Crippen molar-refractivity contribution in [3.8, 4) is 11.3 Å². The van der Waals surface area contributed by atoms with Gasteiger partial charge in [-0.25, -0.2) is 9.78 Å². The average molecular weight is 241 g/mol. The van der Waals surface area contributed by atoms with Gasteiger partial charge in [0.2, 0.25) is 0 Å². The number of rotatable bonds is 2. The van der Waals surface area contributed by atoms with E-state index in [4.69, 9.17) is 5.11 Å². The molecular weight excluding hydrogens is 230 g/mol. The molecule has 2 heterocycles. The quantitative estimate of drug-likeness (QED) is 0.644. The molecule has 3 N–H and O–H groups in total. The molecule has 0 saturated heterocycles. The Bertz CT molecular complexity index is 740. The zero-order chi connectivity index (χ0) is 12.7. The minimum Gasteiger partial charge on any atom is -0.477 e. The molecule has 90 valence electrons. The summed E-state index contributed by atoms with van der Waals surface area (Å²) in [6.07, 6.45) is 3.19. The Morgan fingerprint density at radius 3 is 2.94 bits per heavy atom. The molecule has 0 fully saturated rings. The van der Waals surface area contributed by atoms with Crippen LogP contribution < -0.4 is 0 Å². The van der Waals surface area contributed by atoms with E-state index >= 15 is 0 Å². The number of hydrogen-bond acceptors (Lipinski definition) is 2. The second-order valence-electron chi connectivity index (χ2n) is 4.13. The van der Waals surface area contributed by atoms with Crippen LogP contribution in [-0.2, 0) is 0 Å². The number of imidazole rings is 1. The summed E-state index contributed by atoms with van der Waals surface area (Å²) < 4.78 is 0. The average Bonchev–Trinajstić information content (AvgIpc) is 2.94. The van der Waals surface area contributed by atoms with Crippen molar-refractivity contribution >= 4 is 16.9 Å². The van der Waals surface area contributed by atoms with E-state index < -0.39 is 5.97 Å². The number of para-hydroxylation sites is 1. The number of aromatic nitrogens is 3. The van der Waals surface area contributed by atoms with Crippen molar-refractivity contribution < 1.29 is 9.90 Å². The van der Waals surface area contributed by atoms with Gasteiger partial charge in [-0.1, -0.05) is 18.2 Å². The third kappa shape index (κ3) is 1.41. The smallest absolute Gasteiger partial charge is 0.354 e. The highest BCUT2D eigenvalue weighted by molar-refractivity contribution is 6.01. The molecular formula is C13H11N3O2. The van der Waals surface area contributed by atoms with Gasteiger partial charge in [0.15, 0.2) is 5.69 Å². The molecule has 0 unspecified atom stereocenters. The summed E-state index contributed by atoms with van der Waals surface area (Å²) in [5.74, 6) is -1.01. The van der Waals surface area contributed by atoms with E-state index in [1.165, 1.54) is 6.33 Å². The standard InChI is InChI=1S/C13H11N3O2/c1-7-3-2-4-8-9(5-14-10(7)8)11-12(13(17)18)16-6-15-11/h2-6,14H,1H3,(H,15,16)(H,17,18). The maximum atomic E-state index is 11.1. The summed E-state index contributed by atoms with van der Waals surface area (Å²) in [6.45, 7) is 2.01. The number of nitrogens with zero attached hydrogens (tertiary/aromatic N) is 1. The highest BCUT2D eigenvalue weighted by Gasteiger charge is 2.17. The van der Waals surface area contributed by atoms with Crippen molar-refractivity contribution in [2.24, 2.45) is 0 Å². The van der Waals surface area contributed by atoms with Crippen LogP contribution in [0.15, 0.2) is 30.7 Å². The van der Waals surface area contributed by atoms with E-state index in [1.807, 2.05) is 25.1 Å². The van der Waals surface area contributed by atoms with Crippen LogP contribution in [0.2, 0.25) is 0 Å². The fourth-order valence-corrected chi connectivity index (χ4v) is 2.16. The van der Waals surface area contributed by atoms with Crippen LogP contribution in [0.3, 0.4) is 0 Å². The summed E-state index contributed by atoms with van der Waals surface area (Å²) in [5, 5.41) is 10.1. The van der Waals surface area contributed by atoms with Crippen LogP contribution in [-0.4, -0.2) is 26.0 Å². The minimum atomic E-state index is -1.01. The predicted octanol–water partition coefficient (Wildman–Crippen LogP) is 2.56. The van der Waals surface area contributed by atoms with Crippen molar-refractivity contribution in [1.29, 1.82) is 0 Å². The fourth-order valence-electron chi connectivity index (χ4n) is 2.16. The number of carbonyl (C=O) groups is 1. The number of aromatic carboxylic acids is 1. The molecule has 18 heavy (non-hydrogen) atoms. The molecule has 3 aromatic rings. The highest BCUT2D eigenvalue weighted by Crippen LogP contribution is 2.30. The highest BCUT2D eigenvalue weighted by atomic mass is 16.4. The summed E-state index contributed by atoms with van der Waals surface area (Å²) in [6, 6.07) is 5.90. The number of carboxylic acids is 1. The Hall–Kier alpha value is -2.56.